The molecule has 1 N–H and O–H groups in total. The minimum absolute atomic E-state index is 0.0816. The third-order valence-electron chi connectivity index (χ3n) is 1.01. The van der Waals surface area contributed by atoms with E-state index in [0.29, 0.717) is 16.7 Å². The second-order valence-electron chi connectivity index (χ2n) is 1.83. The lowest BCUT2D eigenvalue weighted by atomic mass is 10.5. The zero-order chi connectivity index (χ0) is 9.14. The van der Waals surface area contributed by atoms with E-state index in [0.717, 1.165) is 11.3 Å². The third kappa shape index (κ3) is 2.46. The van der Waals surface area contributed by atoms with Crippen LogP contribution in [0.3, 0.4) is 0 Å². The van der Waals surface area contributed by atoms with Gasteiger partial charge in [-0.2, -0.15) is 8.78 Å². The molecule has 0 bridgehead atoms. The van der Waals surface area contributed by atoms with Gasteiger partial charge in [-0.15, -0.1) is 11.3 Å². The molecule has 0 radical (unpaired) electrons. The number of hydrogen-bond donors (Lipinski definition) is 1. The standard InChI is InChI=1S/C6H4F2O2S2/c7-6(8)12-3-1-4(5(9)10)11-2-3/h1-2,6H,(H,9,10). The summed E-state index contributed by atoms with van der Waals surface area (Å²) in [5.74, 6) is -3.58. The van der Waals surface area contributed by atoms with Gasteiger partial charge in [-0.3, -0.25) is 0 Å². The van der Waals surface area contributed by atoms with E-state index < -0.39 is 11.7 Å². The maximum atomic E-state index is 11.8. The van der Waals surface area contributed by atoms with E-state index >= 15 is 0 Å². The molecule has 1 heterocycles. The van der Waals surface area contributed by atoms with E-state index in [-0.39, 0.29) is 4.88 Å². The van der Waals surface area contributed by atoms with Crippen molar-refractivity contribution < 1.29 is 18.7 Å². The van der Waals surface area contributed by atoms with E-state index in [1.54, 1.807) is 0 Å². The van der Waals surface area contributed by atoms with Crippen molar-refractivity contribution in [2.75, 3.05) is 0 Å². The first kappa shape index (κ1) is 9.47. The first-order chi connectivity index (χ1) is 5.59. The molecule has 0 aliphatic carbocycles. The Bertz CT molecular complexity index is 285. The van der Waals surface area contributed by atoms with Crippen LogP contribution in [0.25, 0.3) is 0 Å². The predicted molar refractivity (Wildman–Crippen MR) is 43.1 cm³/mol. The molecule has 0 amide bonds. The fourth-order valence-electron chi connectivity index (χ4n) is 0.596. The van der Waals surface area contributed by atoms with Gasteiger partial charge in [0, 0.05) is 10.3 Å². The first-order valence-electron chi connectivity index (χ1n) is 2.86. The summed E-state index contributed by atoms with van der Waals surface area (Å²) in [5, 5.41) is 9.85. The van der Waals surface area contributed by atoms with Gasteiger partial charge in [0.1, 0.15) is 4.88 Å². The Balaban J connectivity index is 2.71. The maximum absolute atomic E-state index is 11.8. The number of hydrogen-bond acceptors (Lipinski definition) is 3. The first-order valence-corrected chi connectivity index (χ1v) is 4.62. The number of carboxylic acid groups (broad SMARTS) is 1. The largest absolute Gasteiger partial charge is 0.477 e. The minimum atomic E-state index is -2.50. The van der Waals surface area contributed by atoms with Crippen LogP contribution >= 0.6 is 23.1 Å². The van der Waals surface area contributed by atoms with Crippen LogP contribution < -0.4 is 0 Å². The number of halogens is 2. The summed E-state index contributed by atoms with van der Waals surface area (Å²) in [5.41, 5.74) is 0. The normalized spacial score (nSPS) is 10.6. The van der Waals surface area contributed by atoms with Crippen molar-refractivity contribution >= 4 is 29.1 Å². The number of thioether (sulfide) groups is 1. The van der Waals surface area contributed by atoms with Crippen molar-refractivity contribution in [2.45, 2.75) is 10.7 Å². The molecule has 0 aromatic carbocycles. The number of rotatable bonds is 3. The lowest BCUT2D eigenvalue weighted by Gasteiger charge is -1.92. The monoisotopic (exact) mass is 210 g/mol. The fourth-order valence-corrected chi connectivity index (χ4v) is 2.04. The smallest absolute Gasteiger partial charge is 0.345 e. The van der Waals surface area contributed by atoms with Crippen LogP contribution in [0.15, 0.2) is 16.3 Å². The molecule has 0 saturated carbocycles. The van der Waals surface area contributed by atoms with Gasteiger partial charge in [0.15, 0.2) is 0 Å². The van der Waals surface area contributed by atoms with E-state index in [1.165, 1.54) is 11.4 Å². The van der Waals surface area contributed by atoms with E-state index in [9.17, 15) is 13.6 Å². The Morgan fingerprint density at radius 2 is 2.33 bits per heavy atom. The summed E-state index contributed by atoms with van der Waals surface area (Å²) in [6, 6.07) is 1.24. The molecule has 12 heavy (non-hydrogen) atoms. The Kier molecular flexibility index (Phi) is 3.05. The highest BCUT2D eigenvalue weighted by Crippen LogP contribution is 2.29. The molecule has 0 atom stereocenters. The molecule has 6 heteroatoms. The Morgan fingerprint density at radius 3 is 2.75 bits per heavy atom. The molecule has 0 saturated heterocycles. The average Bonchev–Trinajstić information content (AvgIpc) is 2.34. The fraction of sp³-hybridized carbons (Fsp3) is 0.167. The maximum Gasteiger partial charge on any atom is 0.345 e. The molecule has 1 aromatic rings. The Labute approximate surface area is 75.2 Å². The number of carboxylic acids is 1. The summed E-state index contributed by atoms with van der Waals surface area (Å²) >= 11 is 1.30. The second-order valence-corrected chi connectivity index (χ2v) is 3.81. The lowest BCUT2D eigenvalue weighted by Crippen LogP contribution is -1.90. The van der Waals surface area contributed by atoms with Crippen molar-refractivity contribution in [3.8, 4) is 0 Å². The molecule has 0 fully saturated rings. The van der Waals surface area contributed by atoms with Crippen molar-refractivity contribution in [1.29, 1.82) is 0 Å². The summed E-state index contributed by atoms with van der Waals surface area (Å²) in [6.45, 7) is 0. The average molecular weight is 210 g/mol. The van der Waals surface area contributed by atoms with Gasteiger partial charge >= 0.3 is 5.97 Å². The van der Waals surface area contributed by atoms with Gasteiger partial charge in [-0.1, -0.05) is 11.8 Å². The predicted octanol–water partition coefficient (Wildman–Crippen LogP) is 2.76. The molecular formula is C6H4F2O2S2. The van der Waals surface area contributed by atoms with Gasteiger partial charge in [0.2, 0.25) is 0 Å². The van der Waals surface area contributed by atoms with Crippen molar-refractivity contribution in [2.24, 2.45) is 0 Å². The van der Waals surface area contributed by atoms with Crippen molar-refractivity contribution in [1.82, 2.24) is 0 Å². The molecule has 2 nitrogen and oxygen atoms in total. The van der Waals surface area contributed by atoms with E-state index in [2.05, 4.69) is 0 Å². The van der Waals surface area contributed by atoms with Gasteiger partial charge in [-0.25, -0.2) is 4.79 Å². The zero-order valence-electron chi connectivity index (χ0n) is 5.66. The molecule has 1 rings (SSSR count). The number of thiophene rings is 1. The number of alkyl halides is 2. The molecule has 0 aliphatic rings. The van der Waals surface area contributed by atoms with Crippen LogP contribution in [0.4, 0.5) is 8.78 Å². The van der Waals surface area contributed by atoms with Crippen LogP contribution in [-0.2, 0) is 0 Å². The zero-order valence-corrected chi connectivity index (χ0v) is 7.29. The SMILES string of the molecule is O=C(O)c1cc(SC(F)F)cs1. The highest BCUT2D eigenvalue weighted by atomic mass is 32.2. The molecule has 0 spiro atoms. The Hall–Kier alpha value is -0.620. The van der Waals surface area contributed by atoms with Gasteiger partial charge in [0.25, 0.3) is 5.76 Å². The lowest BCUT2D eigenvalue weighted by molar-refractivity contribution is 0.0702. The number of aromatic carboxylic acids is 1. The van der Waals surface area contributed by atoms with E-state index in [1.807, 2.05) is 0 Å². The van der Waals surface area contributed by atoms with Crippen molar-refractivity contribution in [3.05, 3.63) is 16.3 Å². The summed E-state index contributed by atoms with van der Waals surface area (Å²) < 4.78 is 23.5. The molecule has 1 aromatic heterocycles. The second kappa shape index (κ2) is 3.86. The van der Waals surface area contributed by atoms with Gasteiger partial charge in [-0.05, 0) is 6.07 Å². The summed E-state index contributed by atoms with van der Waals surface area (Å²) in [7, 11) is 0. The van der Waals surface area contributed by atoms with Gasteiger partial charge in [0.05, 0.1) is 0 Å². The van der Waals surface area contributed by atoms with Crippen LogP contribution in [0, 0.1) is 0 Å². The quantitative estimate of drug-likeness (QED) is 0.779. The van der Waals surface area contributed by atoms with E-state index in [4.69, 9.17) is 5.11 Å². The van der Waals surface area contributed by atoms with Gasteiger partial charge < -0.3 is 5.11 Å². The highest BCUT2D eigenvalue weighted by molar-refractivity contribution is 7.99. The molecule has 0 unspecified atom stereocenters. The van der Waals surface area contributed by atoms with Crippen molar-refractivity contribution in [3.63, 3.8) is 0 Å². The molecule has 0 aliphatic heterocycles. The van der Waals surface area contributed by atoms with Crippen LogP contribution in [-0.4, -0.2) is 16.8 Å². The summed E-state index contributed by atoms with van der Waals surface area (Å²) in [4.78, 5) is 10.7. The highest BCUT2D eigenvalue weighted by Gasteiger charge is 2.10. The van der Waals surface area contributed by atoms with Crippen LogP contribution in [0.1, 0.15) is 9.67 Å². The summed E-state index contributed by atoms with van der Waals surface area (Å²) in [6.07, 6.45) is 0. The topological polar surface area (TPSA) is 37.3 Å². The molecular weight excluding hydrogens is 206 g/mol. The third-order valence-corrected chi connectivity index (χ3v) is 2.76. The Morgan fingerprint density at radius 1 is 1.67 bits per heavy atom. The van der Waals surface area contributed by atoms with Crippen LogP contribution in [0.2, 0.25) is 0 Å². The minimum Gasteiger partial charge on any atom is -0.477 e. The van der Waals surface area contributed by atoms with Crippen LogP contribution in [0.5, 0.6) is 0 Å². The number of carbonyl (C=O) groups is 1. The molecule has 66 valence electrons.